The summed E-state index contributed by atoms with van der Waals surface area (Å²) in [6, 6.07) is 7.79. The third-order valence-electron chi connectivity index (χ3n) is 2.50. The molecule has 0 aliphatic heterocycles. The zero-order chi connectivity index (χ0) is 12.4. The van der Waals surface area contributed by atoms with E-state index in [1.165, 1.54) is 0 Å². The number of rotatable bonds is 3. The van der Waals surface area contributed by atoms with Gasteiger partial charge in [-0.2, -0.15) is 0 Å². The molecule has 0 unspecified atom stereocenters. The van der Waals surface area contributed by atoms with Gasteiger partial charge in [-0.05, 0) is 38.1 Å². The number of amides is 1. The molecule has 2 rings (SSSR count). The number of fused-ring (bicyclic) bond motifs is 1. The van der Waals surface area contributed by atoms with Gasteiger partial charge in [0.2, 0.25) is 5.91 Å². The minimum atomic E-state index is 0.0208. The maximum absolute atomic E-state index is 11.7. The lowest BCUT2D eigenvalue weighted by Gasteiger charge is -2.09. The van der Waals surface area contributed by atoms with Crippen molar-refractivity contribution in [3.63, 3.8) is 0 Å². The van der Waals surface area contributed by atoms with E-state index < -0.39 is 0 Å². The smallest absolute Gasteiger partial charge is 0.240 e. The van der Waals surface area contributed by atoms with E-state index in [0.717, 1.165) is 10.9 Å². The minimum absolute atomic E-state index is 0.0208. The molecule has 1 heterocycles. The molecule has 0 spiro atoms. The molecular weight excluding hydrogens is 236 g/mol. The molecule has 90 valence electrons. The minimum Gasteiger partial charge on any atom is -0.352 e. The summed E-state index contributed by atoms with van der Waals surface area (Å²) in [6.45, 7) is 4.24. The summed E-state index contributed by atoms with van der Waals surface area (Å²) in [5.74, 6) is 0.0208. The summed E-state index contributed by atoms with van der Waals surface area (Å²) in [7, 11) is 0. The van der Waals surface area contributed by atoms with E-state index in [2.05, 4.69) is 5.32 Å². The van der Waals surface area contributed by atoms with Crippen LogP contribution in [0.3, 0.4) is 0 Å². The molecule has 1 amide bonds. The van der Waals surface area contributed by atoms with Gasteiger partial charge in [0.15, 0.2) is 0 Å². The van der Waals surface area contributed by atoms with Crippen molar-refractivity contribution in [3.05, 3.63) is 35.5 Å². The summed E-state index contributed by atoms with van der Waals surface area (Å²) in [4.78, 5) is 11.7. The Hall–Kier alpha value is -1.48. The Kier molecular flexibility index (Phi) is 3.38. The highest BCUT2D eigenvalue weighted by Gasteiger charge is 2.07. The van der Waals surface area contributed by atoms with Gasteiger partial charge < -0.3 is 9.88 Å². The van der Waals surface area contributed by atoms with Crippen molar-refractivity contribution < 1.29 is 4.79 Å². The van der Waals surface area contributed by atoms with Crippen LogP contribution < -0.4 is 5.32 Å². The van der Waals surface area contributed by atoms with Gasteiger partial charge in [-0.15, -0.1) is 0 Å². The molecule has 0 saturated heterocycles. The topological polar surface area (TPSA) is 34.0 Å². The highest BCUT2D eigenvalue weighted by atomic mass is 35.5. The molecule has 0 saturated carbocycles. The van der Waals surface area contributed by atoms with Gasteiger partial charge in [-0.1, -0.05) is 11.6 Å². The number of hydrogen-bond acceptors (Lipinski definition) is 1. The van der Waals surface area contributed by atoms with E-state index in [1.807, 2.05) is 48.9 Å². The van der Waals surface area contributed by atoms with Crippen molar-refractivity contribution in [3.8, 4) is 0 Å². The Morgan fingerprint density at radius 3 is 2.88 bits per heavy atom. The molecule has 0 radical (unpaired) electrons. The lowest BCUT2D eigenvalue weighted by molar-refractivity contribution is -0.122. The number of nitrogens with zero attached hydrogens (tertiary/aromatic N) is 1. The van der Waals surface area contributed by atoms with Crippen LogP contribution in [0, 0.1) is 0 Å². The van der Waals surface area contributed by atoms with E-state index in [4.69, 9.17) is 11.6 Å². The van der Waals surface area contributed by atoms with Crippen LogP contribution in [0.4, 0.5) is 0 Å². The SMILES string of the molecule is CC(C)NC(=O)Cn1ccc2cc(Cl)ccc21. The van der Waals surface area contributed by atoms with E-state index in [0.29, 0.717) is 11.6 Å². The first-order chi connectivity index (χ1) is 8.06. The fourth-order valence-corrected chi connectivity index (χ4v) is 2.01. The molecule has 3 nitrogen and oxygen atoms in total. The van der Waals surface area contributed by atoms with Gasteiger partial charge in [0, 0.05) is 28.2 Å². The van der Waals surface area contributed by atoms with Crippen LogP contribution in [0.2, 0.25) is 5.02 Å². The molecule has 0 bridgehead atoms. The third-order valence-corrected chi connectivity index (χ3v) is 2.73. The maximum Gasteiger partial charge on any atom is 0.240 e. The second-order valence-electron chi connectivity index (χ2n) is 4.37. The van der Waals surface area contributed by atoms with E-state index >= 15 is 0 Å². The molecule has 4 heteroatoms. The fourth-order valence-electron chi connectivity index (χ4n) is 1.83. The Labute approximate surface area is 105 Å². The molecule has 0 fully saturated rings. The second-order valence-corrected chi connectivity index (χ2v) is 4.81. The van der Waals surface area contributed by atoms with Gasteiger partial charge in [-0.3, -0.25) is 4.79 Å². The molecule has 1 N–H and O–H groups in total. The molecular formula is C13H15ClN2O. The van der Waals surface area contributed by atoms with Crippen molar-refractivity contribution in [2.75, 3.05) is 0 Å². The predicted octanol–water partition coefficient (Wildman–Crippen LogP) is 2.82. The molecule has 17 heavy (non-hydrogen) atoms. The largest absolute Gasteiger partial charge is 0.352 e. The van der Waals surface area contributed by atoms with Gasteiger partial charge in [-0.25, -0.2) is 0 Å². The number of hydrogen-bond donors (Lipinski definition) is 1. The van der Waals surface area contributed by atoms with Gasteiger partial charge in [0.25, 0.3) is 0 Å². The first-order valence-corrected chi connectivity index (χ1v) is 5.98. The normalized spacial score (nSPS) is 11.1. The van der Waals surface area contributed by atoms with Crippen LogP contribution in [-0.4, -0.2) is 16.5 Å². The van der Waals surface area contributed by atoms with Crippen LogP contribution in [-0.2, 0) is 11.3 Å². The second kappa shape index (κ2) is 4.80. The molecule has 0 aliphatic carbocycles. The van der Waals surface area contributed by atoms with E-state index in [9.17, 15) is 4.79 Å². The van der Waals surface area contributed by atoms with Crippen molar-refractivity contribution in [2.45, 2.75) is 26.4 Å². The summed E-state index contributed by atoms with van der Waals surface area (Å²) in [5, 5.41) is 4.63. The number of carbonyl (C=O) groups excluding carboxylic acids is 1. The highest BCUT2D eigenvalue weighted by molar-refractivity contribution is 6.31. The summed E-state index contributed by atoms with van der Waals surface area (Å²) in [6.07, 6.45) is 1.90. The first-order valence-electron chi connectivity index (χ1n) is 5.60. The average molecular weight is 251 g/mol. The predicted molar refractivity (Wildman–Crippen MR) is 70.2 cm³/mol. The number of carbonyl (C=O) groups is 1. The Balaban J connectivity index is 2.22. The van der Waals surface area contributed by atoms with Crippen LogP contribution in [0.1, 0.15) is 13.8 Å². The molecule has 1 aromatic heterocycles. The monoisotopic (exact) mass is 250 g/mol. The summed E-state index contributed by atoms with van der Waals surface area (Å²) in [5.41, 5.74) is 1.02. The van der Waals surface area contributed by atoms with E-state index in [-0.39, 0.29) is 11.9 Å². The van der Waals surface area contributed by atoms with Crippen LogP contribution in [0.25, 0.3) is 10.9 Å². The summed E-state index contributed by atoms with van der Waals surface area (Å²) >= 11 is 5.91. The third kappa shape index (κ3) is 2.80. The lowest BCUT2D eigenvalue weighted by Crippen LogP contribution is -2.32. The number of nitrogens with one attached hydrogen (secondary N) is 1. The lowest BCUT2D eigenvalue weighted by atomic mass is 10.2. The fraction of sp³-hybridized carbons (Fsp3) is 0.308. The van der Waals surface area contributed by atoms with E-state index in [1.54, 1.807) is 0 Å². The van der Waals surface area contributed by atoms with Crippen LogP contribution in [0.5, 0.6) is 0 Å². The maximum atomic E-state index is 11.7. The quantitative estimate of drug-likeness (QED) is 0.893. The van der Waals surface area contributed by atoms with Gasteiger partial charge >= 0.3 is 0 Å². The first kappa shape index (κ1) is 12.0. The standard InChI is InChI=1S/C13H15ClN2O/c1-9(2)15-13(17)8-16-6-5-10-7-11(14)3-4-12(10)16/h3-7,9H,8H2,1-2H3,(H,15,17). The number of benzene rings is 1. The van der Waals surface area contributed by atoms with Crippen molar-refractivity contribution in [1.29, 1.82) is 0 Å². The van der Waals surface area contributed by atoms with Crippen molar-refractivity contribution in [1.82, 2.24) is 9.88 Å². The molecule has 0 atom stereocenters. The molecule has 2 aromatic rings. The highest BCUT2D eigenvalue weighted by Crippen LogP contribution is 2.20. The summed E-state index contributed by atoms with van der Waals surface area (Å²) < 4.78 is 1.92. The van der Waals surface area contributed by atoms with Crippen molar-refractivity contribution >= 4 is 28.4 Å². The van der Waals surface area contributed by atoms with Crippen LogP contribution in [0.15, 0.2) is 30.5 Å². The molecule has 1 aromatic carbocycles. The van der Waals surface area contributed by atoms with Gasteiger partial charge in [0.1, 0.15) is 6.54 Å². The average Bonchev–Trinajstić information content (AvgIpc) is 2.59. The Bertz CT molecular complexity index is 545. The van der Waals surface area contributed by atoms with Crippen molar-refractivity contribution in [2.24, 2.45) is 0 Å². The van der Waals surface area contributed by atoms with Gasteiger partial charge in [0.05, 0.1) is 0 Å². The number of halogens is 1. The molecule has 0 aliphatic rings. The number of aromatic nitrogens is 1. The van der Waals surface area contributed by atoms with Crippen LogP contribution >= 0.6 is 11.6 Å². The Morgan fingerprint density at radius 1 is 1.41 bits per heavy atom. The zero-order valence-electron chi connectivity index (χ0n) is 9.90. The zero-order valence-corrected chi connectivity index (χ0v) is 10.7. The Morgan fingerprint density at radius 2 is 2.18 bits per heavy atom.